The van der Waals surface area contributed by atoms with Crippen LogP contribution in [0, 0.1) is 17.3 Å². The zero-order chi connectivity index (χ0) is 13.7. The number of rotatable bonds is 4. The molecule has 0 aliphatic heterocycles. The second kappa shape index (κ2) is 4.47. The van der Waals surface area contributed by atoms with Gasteiger partial charge in [0, 0.05) is 25.0 Å². The second-order valence-corrected chi connectivity index (χ2v) is 7.96. The quantitative estimate of drug-likeness (QED) is 0.819. The zero-order valence-electron chi connectivity index (χ0n) is 12.6. The van der Waals surface area contributed by atoms with Crippen LogP contribution >= 0.6 is 0 Å². The summed E-state index contributed by atoms with van der Waals surface area (Å²) in [6, 6.07) is 0.560. The van der Waals surface area contributed by atoms with E-state index in [0.29, 0.717) is 11.5 Å². The van der Waals surface area contributed by atoms with E-state index in [2.05, 4.69) is 24.5 Å². The first-order chi connectivity index (χ1) is 8.90. The van der Waals surface area contributed by atoms with Crippen LogP contribution in [0.5, 0.6) is 0 Å². The van der Waals surface area contributed by atoms with Crippen molar-refractivity contribution in [3.63, 3.8) is 0 Å². The lowest BCUT2D eigenvalue weighted by molar-refractivity contribution is -0.129. The minimum absolute atomic E-state index is 0.134. The van der Waals surface area contributed by atoms with Gasteiger partial charge in [0.25, 0.3) is 0 Å². The average Bonchev–Trinajstić information content (AvgIpc) is 2.22. The molecular formula is C16H28N2O. The van der Waals surface area contributed by atoms with Crippen LogP contribution in [0.15, 0.2) is 0 Å². The summed E-state index contributed by atoms with van der Waals surface area (Å²) in [5.74, 6) is 1.86. The summed E-state index contributed by atoms with van der Waals surface area (Å²) in [6.45, 7) is 7.27. The van der Waals surface area contributed by atoms with E-state index in [9.17, 15) is 4.79 Å². The Bertz CT molecular complexity index is 363. The van der Waals surface area contributed by atoms with E-state index in [0.717, 1.165) is 18.4 Å². The Kier molecular flexibility index (Phi) is 3.16. The molecule has 2 unspecified atom stereocenters. The molecule has 2 atom stereocenters. The predicted octanol–water partition coefficient (Wildman–Crippen LogP) is 2.46. The van der Waals surface area contributed by atoms with Gasteiger partial charge in [0.15, 0.2) is 0 Å². The average molecular weight is 264 g/mol. The number of hydrogen-bond donors (Lipinski definition) is 2. The van der Waals surface area contributed by atoms with Crippen LogP contribution in [0.25, 0.3) is 0 Å². The highest BCUT2D eigenvalue weighted by atomic mass is 16.1. The van der Waals surface area contributed by atoms with E-state index < -0.39 is 0 Å². The zero-order valence-corrected chi connectivity index (χ0v) is 12.6. The minimum atomic E-state index is 0.134. The van der Waals surface area contributed by atoms with Gasteiger partial charge in [0.2, 0.25) is 5.91 Å². The molecule has 0 aromatic carbocycles. The van der Waals surface area contributed by atoms with Crippen molar-refractivity contribution in [3.05, 3.63) is 0 Å². The minimum Gasteiger partial charge on any atom is -0.351 e. The van der Waals surface area contributed by atoms with Crippen molar-refractivity contribution >= 4 is 5.91 Å². The SMILES string of the molecule is CC(=O)NC12CC3CC(CC(CNC(C)C)(C3)C1)C2. The summed E-state index contributed by atoms with van der Waals surface area (Å²) in [6.07, 6.45) is 7.82. The molecule has 0 aromatic rings. The fourth-order valence-corrected chi connectivity index (χ4v) is 5.60. The lowest BCUT2D eigenvalue weighted by atomic mass is 9.47. The van der Waals surface area contributed by atoms with E-state index in [1.165, 1.54) is 38.5 Å². The normalized spacial score (nSPS) is 43.8. The van der Waals surface area contributed by atoms with Crippen LogP contribution in [-0.4, -0.2) is 24.0 Å². The van der Waals surface area contributed by atoms with E-state index in [-0.39, 0.29) is 11.4 Å². The Hall–Kier alpha value is -0.570. The first-order valence-corrected chi connectivity index (χ1v) is 7.93. The highest BCUT2D eigenvalue weighted by Crippen LogP contribution is 2.61. The summed E-state index contributed by atoms with van der Waals surface area (Å²) in [7, 11) is 0. The van der Waals surface area contributed by atoms with Gasteiger partial charge < -0.3 is 10.6 Å². The Balaban J connectivity index is 1.78. The van der Waals surface area contributed by atoms with Crippen LogP contribution < -0.4 is 10.6 Å². The molecule has 2 N–H and O–H groups in total. The molecule has 4 fully saturated rings. The Morgan fingerprint density at radius 3 is 2.37 bits per heavy atom. The molecule has 1 amide bonds. The van der Waals surface area contributed by atoms with Crippen molar-refractivity contribution in [1.29, 1.82) is 0 Å². The van der Waals surface area contributed by atoms with Crippen molar-refractivity contribution in [3.8, 4) is 0 Å². The third-order valence-corrected chi connectivity index (χ3v) is 5.51. The molecule has 4 bridgehead atoms. The number of carbonyl (C=O) groups is 1. The van der Waals surface area contributed by atoms with Crippen molar-refractivity contribution in [1.82, 2.24) is 10.6 Å². The van der Waals surface area contributed by atoms with E-state index in [4.69, 9.17) is 0 Å². The largest absolute Gasteiger partial charge is 0.351 e. The summed E-state index contributed by atoms with van der Waals surface area (Å²) >= 11 is 0. The lowest BCUT2D eigenvalue weighted by Crippen LogP contribution is -2.64. The fourth-order valence-electron chi connectivity index (χ4n) is 5.60. The van der Waals surface area contributed by atoms with Crippen LogP contribution in [0.1, 0.15) is 59.3 Å². The number of amides is 1. The third-order valence-electron chi connectivity index (χ3n) is 5.51. The highest BCUT2D eigenvalue weighted by molar-refractivity contribution is 5.74. The van der Waals surface area contributed by atoms with Crippen LogP contribution in [0.3, 0.4) is 0 Å². The Morgan fingerprint density at radius 1 is 1.21 bits per heavy atom. The maximum absolute atomic E-state index is 11.6. The molecule has 0 heterocycles. The molecule has 0 spiro atoms. The van der Waals surface area contributed by atoms with E-state index in [1.807, 2.05) is 0 Å². The van der Waals surface area contributed by atoms with Gasteiger partial charge in [-0.15, -0.1) is 0 Å². The van der Waals surface area contributed by atoms with Gasteiger partial charge in [0.1, 0.15) is 0 Å². The van der Waals surface area contributed by atoms with Gasteiger partial charge in [-0.1, -0.05) is 13.8 Å². The molecule has 4 aliphatic rings. The molecule has 0 aromatic heterocycles. The van der Waals surface area contributed by atoms with Crippen molar-refractivity contribution < 1.29 is 4.79 Å². The first-order valence-electron chi connectivity index (χ1n) is 7.93. The third kappa shape index (κ3) is 2.54. The molecule has 4 rings (SSSR count). The summed E-state index contributed by atoms with van der Waals surface area (Å²) in [5, 5.41) is 6.99. The summed E-state index contributed by atoms with van der Waals surface area (Å²) in [4.78, 5) is 11.6. The van der Waals surface area contributed by atoms with Gasteiger partial charge in [-0.05, 0) is 55.8 Å². The second-order valence-electron chi connectivity index (χ2n) is 7.96. The Labute approximate surface area is 116 Å². The molecule has 4 aliphatic carbocycles. The smallest absolute Gasteiger partial charge is 0.217 e. The fraction of sp³-hybridized carbons (Fsp3) is 0.938. The maximum Gasteiger partial charge on any atom is 0.217 e. The van der Waals surface area contributed by atoms with Crippen LogP contribution in [0.4, 0.5) is 0 Å². The molecule has 108 valence electrons. The monoisotopic (exact) mass is 264 g/mol. The summed E-state index contributed by atoms with van der Waals surface area (Å²) in [5.41, 5.74) is 0.589. The van der Waals surface area contributed by atoms with E-state index in [1.54, 1.807) is 6.92 Å². The molecule has 4 saturated carbocycles. The molecule has 0 saturated heterocycles. The predicted molar refractivity (Wildman–Crippen MR) is 76.8 cm³/mol. The van der Waals surface area contributed by atoms with Gasteiger partial charge in [-0.25, -0.2) is 0 Å². The molecule has 3 heteroatoms. The van der Waals surface area contributed by atoms with Crippen molar-refractivity contribution in [2.45, 2.75) is 70.9 Å². The standard InChI is InChI=1S/C16H28N2O/c1-11(2)17-10-15-5-13-4-14(6-15)8-16(7-13,9-15)18-12(3)19/h11,13-14,17H,4-10H2,1-3H3,(H,18,19). The van der Waals surface area contributed by atoms with Gasteiger partial charge in [0.05, 0.1) is 0 Å². The van der Waals surface area contributed by atoms with Gasteiger partial charge >= 0.3 is 0 Å². The maximum atomic E-state index is 11.6. The molecule has 0 radical (unpaired) electrons. The first kappa shape index (κ1) is 13.4. The Morgan fingerprint density at radius 2 is 1.84 bits per heavy atom. The molecule has 3 nitrogen and oxygen atoms in total. The number of hydrogen-bond acceptors (Lipinski definition) is 2. The van der Waals surface area contributed by atoms with Gasteiger partial charge in [-0.2, -0.15) is 0 Å². The van der Waals surface area contributed by atoms with Gasteiger partial charge in [-0.3, -0.25) is 4.79 Å². The molecular weight excluding hydrogens is 236 g/mol. The lowest BCUT2D eigenvalue weighted by Gasteiger charge is -2.62. The van der Waals surface area contributed by atoms with Crippen molar-refractivity contribution in [2.24, 2.45) is 17.3 Å². The highest BCUT2D eigenvalue weighted by Gasteiger charge is 2.57. The van der Waals surface area contributed by atoms with Crippen molar-refractivity contribution in [2.75, 3.05) is 6.54 Å². The molecule has 19 heavy (non-hydrogen) atoms. The van der Waals surface area contributed by atoms with E-state index >= 15 is 0 Å². The van der Waals surface area contributed by atoms with Crippen LogP contribution in [0.2, 0.25) is 0 Å². The number of nitrogens with one attached hydrogen (secondary N) is 2. The number of carbonyl (C=O) groups excluding carboxylic acids is 1. The summed E-state index contributed by atoms with van der Waals surface area (Å²) < 4.78 is 0. The van der Waals surface area contributed by atoms with Crippen LogP contribution in [-0.2, 0) is 4.79 Å². The topological polar surface area (TPSA) is 41.1 Å².